The van der Waals surface area contributed by atoms with Gasteiger partial charge in [-0.05, 0) is 18.9 Å². The molecule has 0 bridgehead atoms. The largest absolute Gasteiger partial charge is 0.445 e. The van der Waals surface area contributed by atoms with E-state index in [1.807, 2.05) is 13.8 Å². The summed E-state index contributed by atoms with van der Waals surface area (Å²) in [6.45, 7) is 3.83. The molecule has 0 aromatic heterocycles. The molecule has 1 saturated heterocycles. The first-order valence-electron chi connectivity index (χ1n) is 4.55. The summed E-state index contributed by atoms with van der Waals surface area (Å²) < 4.78 is 6.64. The molecule has 1 amide bonds. The van der Waals surface area contributed by atoms with Crippen LogP contribution in [0, 0.1) is 0 Å². The molecule has 0 aromatic rings. The fourth-order valence-corrected chi connectivity index (χ4v) is 2.19. The van der Waals surface area contributed by atoms with Gasteiger partial charge in [-0.15, -0.1) is 0 Å². The summed E-state index contributed by atoms with van der Waals surface area (Å²) in [4.78, 5) is 16.1. The van der Waals surface area contributed by atoms with Gasteiger partial charge in [-0.2, -0.15) is 0 Å². The molecule has 1 rings (SSSR count). The monoisotopic (exact) mass is 250 g/mol. The summed E-state index contributed by atoms with van der Waals surface area (Å²) in [7, 11) is 1.65. The Hall–Kier alpha value is -0.400. The molecule has 1 atom stereocenters. The Bertz CT molecular complexity index is 260. The Kier molecular flexibility index (Phi) is 5.27. The molecule has 5 nitrogen and oxygen atoms in total. The highest BCUT2D eigenvalue weighted by Crippen LogP contribution is 2.20. The minimum atomic E-state index is -0.464. The zero-order chi connectivity index (χ0) is 11.3. The van der Waals surface area contributed by atoms with E-state index in [0.29, 0.717) is 11.0 Å². The second-order valence-corrected chi connectivity index (χ2v) is 5.10. The third kappa shape index (κ3) is 3.92. The Morgan fingerprint density at radius 3 is 3.13 bits per heavy atom. The predicted molar refractivity (Wildman–Crippen MR) is 62.8 cm³/mol. The van der Waals surface area contributed by atoms with Crippen molar-refractivity contribution in [1.29, 1.82) is 0 Å². The number of ether oxygens (including phenoxy) is 1. The average molecular weight is 250 g/mol. The first-order chi connectivity index (χ1) is 7.15. The van der Waals surface area contributed by atoms with Gasteiger partial charge in [-0.1, -0.05) is 23.8 Å². The summed E-state index contributed by atoms with van der Waals surface area (Å²) >= 11 is 2.82. The molecular formula is C8H14N2O3S2. The lowest BCUT2D eigenvalue weighted by Gasteiger charge is -2.11. The van der Waals surface area contributed by atoms with Gasteiger partial charge < -0.3 is 4.74 Å². The van der Waals surface area contributed by atoms with E-state index in [0.717, 1.165) is 5.75 Å². The highest BCUT2D eigenvalue weighted by Gasteiger charge is 2.21. The number of hydrogen-bond acceptors (Lipinski definition) is 6. The molecule has 0 aromatic carbocycles. The van der Waals surface area contributed by atoms with Gasteiger partial charge in [-0.25, -0.2) is 4.79 Å². The topological polar surface area (TPSA) is 51.1 Å². The van der Waals surface area contributed by atoms with Crippen LogP contribution in [0.5, 0.6) is 0 Å². The lowest BCUT2D eigenvalue weighted by atomic mass is 10.4. The van der Waals surface area contributed by atoms with E-state index in [2.05, 4.69) is 5.16 Å². The number of rotatable bonds is 3. The first kappa shape index (κ1) is 12.7. The number of thioether (sulfide) groups is 1. The van der Waals surface area contributed by atoms with Crippen molar-refractivity contribution in [2.75, 3.05) is 18.7 Å². The normalized spacial score (nSPS) is 23.1. The third-order valence-electron chi connectivity index (χ3n) is 1.67. The fourth-order valence-electron chi connectivity index (χ4n) is 0.874. The van der Waals surface area contributed by atoms with Crippen LogP contribution in [0.2, 0.25) is 0 Å². The first-order valence-corrected chi connectivity index (χ1v) is 6.47. The maximum atomic E-state index is 11.3. The Morgan fingerprint density at radius 1 is 1.87 bits per heavy atom. The second-order valence-electron chi connectivity index (χ2n) is 2.77. The summed E-state index contributed by atoms with van der Waals surface area (Å²) in [5.41, 5.74) is 0. The van der Waals surface area contributed by atoms with Gasteiger partial charge >= 0.3 is 6.09 Å². The summed E-state index contributed by atoms with van der Waals surface area (Å²) in [5.74, 6) is 1.38. The van der Waals surface area contributed by atoms with Crippen LogP contribution in [-0.4, -0.2) is 40.3 Å². The summed E-state index contributed by atoms with van der Waals surface area (Å²) in [6, 6.07) is 0. The number of amides is 1. The predicted octanol–water partition coefficient (Wildman–Crippen LogP) is 2.15. The molecule has 0 N–H and O–H groups in total. The Morgan fingerprint density at radius 2 is 2.60 bits per heavy atom. The van der Waals surface area contributed by atoms with Gasteiger partial charge in [0, 0.05) is 12.8 Å². The van der Waals surface area contributed by atoms with Crippen LogP contribution >= 0.6 is 23.7 Å². The number of carbonyl (C=O) groups excluding carboxylic acids is 1. The van der Waals surface area contributed by atoms with Gasteiger partial charge in [0.2, 0.25) is 0 Å². The molecule has 15 heavy (non-hydrogen) atoms. The molecule has 1 aliphatic rings. The Balaban J connectivity index is 2.38. The van der Waals surface area contributed by atoms with E-state index in [1.165, 1.54) is 28.0 Å². The lowest BCUT2D eigenvalue weighted by molar-refractivity contribution is 0.132. The smallest absolute Gasteiger partial charge is 0.361 e. The van der Waals surface area contributed by atoms with E-state index in [1.54, 1.807) is 7.05 Å². The van der Waals surface area contributed by atoms with E-state index in [-0.39, 0.29) is 6.10 Å². The van der Waals surface area contributed by atoms with Crippen molar-refractivity contribution in [1.82, 2.24) is 4.31 Å². The van der Waals surface area contributed by atoms with Crippen molar-refractivity contribution in [3.63, 3.8) is 0 Å². The summed E-state index contributed by atoms with van der Waals surface area (Å²) in [6.07, 6.45) is -0.541. The molecule has 0 saturated carbocycles. The molecule has 0 spiro atoms. The van der Waals surface area contributed by atoms with E-state index in [4.69, 9.17) is 9.57 Å². The van der Waals surface area contributed by atoms with E-state index >= 15 is 0 Å². The SMILES string of the molecule is CCSN(C)C(=O)ON=C1SCOC1C. The van der Waals surface area contributed by atoms with Crippen LogP contribution in [-0.2, 0) is 9.57 Å². The molecule has 7 heteroatoms. The minimum absolute atomic E-state index is 0.0769. The van der Waals surface area contributed by atoms with Crippen molar-refractivity contribution in [3.8, 4) is 0 Å². The van der Waals surface area contributed by atoms with Crippen molar-refractivity contribution >= 4 is 34.8 Å². The molecule has 0 radical (unpaired) electrons. The molecule has 0 aliphatic carbocycles. The molecule has 86 valence electrons. The van der Waals surface area contributed by atoms with Gasteiger partial charge in [-0.3, -0.25) is 9.14 Å². The maximum absolute atomic E-state index is 11.3. The molecule has 1 fully saturated rings. The van der Waals surface area contributed by atoms with Gasteiger partial charge in [0.25, 0.3) is 0 Å². The number of carbonyl (C=O) groups is 1. The van der Waals surface area contributed by atoms with Crippen LogP contribution < -0.4 is 0 Å². The molecule has 1 aliphatic heterocycles. The third-order valence-corrected chi connectivity index (χ3v) is 3.42. The number of nitrogens with zero attached hydrogens (tertiary/aromatic N) is 2. The van der Waals surface area contributed by atoms with E-state index in [9.17, 15) is 4.79 Å². The van der Waals surface area contributed by atoms with Crippen molar-refractivity contribution in [3.05, 3.63) is 0 Å². The van der Waals surface area contributed by atoms with Crippen molar-refractivity contribution in [2.24, 2.45) is 5.16 Å². The number of oxime groups is 1. The van der Waals surface area contributed by atoms with Gasteiger partial charge in [0.15, 0.2) is 0 Å². The zero-order valence-electron chi connectivity index (χ0n) is 8.93. The Labute approximate surface area is 97.7 Å². The summed E-state index contributed by atoms with van der Waals surface area (Å²) in [5, 5.41) is 4.46. The fraction of sp³-hybridized carbons (Fsp3) is 0.750. The number of hydrogen-bond donors (Lipinski definition) is 0. The van der Waals surface area contributed by atoms with Crippen LogP contribution in [0.4, 0.5) is 4.79 Å². The van der Waals surface area contributed by atoms with Crippen molar-refractivity contribution in [2.45, 2.75) is 20.0 Å². The van der Waals surface area contributed by atoms with Gasteiger partial charge in [0.1, 0.15) is 11.1 Å². The molecule has 1 unspecified atom stereocenters. The standard InChI is InChI=1S/C8H14N2O3S2/c1-4-15-10(3)8(11)13-9-7-6(2)12-5-14-7/h6H,4-5H2,1-3H3. The van der Waals surface area contributed by atoms with Crippen LogP contribution in [0.25, 0.3) is 0 Å². The maximum Gasteiger partial charge on any atom is 0.445 e. The molecular weight excluding hydrogens is 236 g/mol. The lowest BCUT2D eigenvalue weighted by Crippen LogP contribution is -2.20. The highest BCUT2D eigenvalue weighted by atomic mass is 32.2. The van der Waals surface area contributed by atoms with Crippen LogP contribution in [0.1, 0.15) is 13.8 Å². The average Bonchev–Trinajstić information content (AvgIpc) is 2.61. The second kappa shape index (κ2) is 6.24. The van der Waals surface area contributed by atoms with Crippen LogP contribution in [0.15, 0.2) is 5.16 Å². The minimum Gasteiger partial charge on any atom is -0.361 e. The quantitative estimate of drug-likeness (QED) is 0.436. The van der Waals surface area contributed by atoms with Crippen molar-refractivity contribution < 1.29 is 14.4 Å². The molecule has 1 heterocycles. The highest BCUT2D eigenvalue weighted by molar-refractivity contribution is 8.14. The van der Waals surface area contributed by atoms with E-state index < -0.39 is 6.09 Å². The van der Waals surface area contributed by atoms with Crippen LogP contribution in [0.3, 0.4) is 0 Å². The van der Waals surface area contributed by atoms with Gasteiger partial charge in [0.05, 0.1) is 5.94 Å². The zero-order valence-corrected chi connectivity index (χ0v) is 10.6.